The fourth-order valence-electron chi connectivity index (χ4n) is 1.95. The van der Waals surface area contributed by atoms with Crippen molar-refractivity contribution >= 4 is 26.8 Å². The van der Waals surface area contributed by atoms with Crippen LogP contribution in [-0.4, -0.2) is 4.98 Å². The van der Waals surface area contributed by atoms with Crippen molar-refractivity contribution in [3.8, 4) is 11.3 Å². The van der Waals surface area contributed by atoms with Crippen LogP contribution in [0.2, 0.25) is 0 Å². The van der Waals surface area contributed by atoms with E-state index < -0.39 is 11.6 Å². The number of aromatic amines is 1. The first-order valence-corrected chi connectivity index (χ1v) is 6.16. The van der Waals surface area contributed by atoms with Crippen LogP contribution in [0.1, 0.15) is 0 Å². The summed E-state index contributed by atoms with van der Waals surface area (Å²) >= 11 is 3.35. The summed E-state index contributed by atoms with van der Waals surface area (Å²) in [5.74, 6) is -1.14. The van der Waals surface area contributed by atoms with Crippen LogP contribution in [-0.2, 0) is 0 Å². The van der Waals surface area contributed by atoms with Crippen LogP contribution < -0.4 is 0 Å². The fourth-order valence-corrected chi connectivity index (χ4v) is 2.21. The van der Waals surface area contributed by atoms with Crippen LogP contribution in [0, 0.1) is 11.6 Å². The second-order valence-corrected chi connectivity index (χ2v) is 4.96. The van der Waals surface area contributed by atoms with Gasteiger partial charge in [-0.2, -0.15) is 0 Å². The van der Waals surface area contributed by atoms with E-state index in [0.717, 1.165) is 21.8 Å². The number of aromatic nitrogens is 1. The van der Waals surface area contributed by atoms with Crippen LogP contribution in [0.25, 0.3) is 22.2 Å². The summed E-state index contributed by atoms with van der Waals surface area (Å²) in [6.07, 6.45) is 0. The number of benzene rings is 2. The summed E-state index contributed by atoms with van der Waals surface area (Å²) in [7, 11) is 0. The highest BCUT2D eigenvalue weighted by Crippen LogP contribution is 2.27. The minimum atomic E-state index is -0.576. The molecule has 0 spiro atoms. The Balaban J connectivity index is 2.19. The van der Waals surface area contributed by atoms with Gasteiger partial charge in [0, 0.05) is 21.6 Å². The van der Waals surface area contributed by atoms with E-state index in [-0.39, 0.29) is 0 Å². The molecule has 0 saturated carbocycles. The normalized spacial score (nSPS) is 11.1. The van der Waals surface area contributed by atoms with Crippen LogP contribution in [0.4, 0.5) is 8.78 Å². The van der Waals surface area contributed by atoms with E-state index in [1.54, 1.807) is 6.07 Å². The van der Waals surface area contributed by atoms with Gasteiger partial charge in [0.2, 0.25) is 0 Å². The molecule has 4 heteroatoms. The lowest BCUT2D eigenvalue weighted by Gasteiger charge is -1.97. The molecule has 0 aliphatic rings. The first-order valence-electron chi connectivity index (χ1n) is 5.37. The maximum absolute atomic E-state index is 13.6. The predicted molar refractivity (Wildman–Crippen MR) is 71.4 cm³/mol. The molecule has 0 saturated heterocycles. The summed E-state index contributed by atoms with van der Waals surface area (Å²) in [5, 5.41) is 0.533. The van der Waals surface area contributed by atoms with Gasteiger partial charge >= 0.3 is 0 Å². The lowest BCUT2D eigenvalue weighted by Crippen LogP contribution is -1.81. The van der Waals surface area contributed by atoms with E-state index in [4.69, 9.17) is 0 Å². The van der Waals surface area contributed by atoms with Crippen molar-refractivity contribution in [1.29, 1.82) is 0 Å². The maximum Gasteiger partial charge on any atom is 0.150 e. The Morgan fingerprint density at radius 3 is 2.39 bits per heavy atom. The summed E-state index contributed by atoms with van der Waals surface area (Å²) in [6, 6.07) is 11.5. The molecule has 0 radical (unpaired) electrons. The molecule has 0 amide bonds. The smallest absolute Gasteiger partial charge is 0.150 e. The van der Waals surface area contributed by atoms with Crippen LogP contribution in [0.3, 0.4) is 0 Å². The highest BCUT2D eigenvalue weighted by molar-refractivity contribution is 9.10. The monoisotopic (exact) mass is 307 g/mol. The summed E-state index contributed by atoms with van der Waals surface area (Å²) in [6.45, 7) is 0. The number of nitrogens with one attached hydrogen (secondary N) is 1. The number of hydrogen-bond acceptors (Lipinski definition) is 0. The minimum absolute atomic E-state index is 0.328. The Hall–Kier alpha value is -1.68. The van der Waals surface area contributed by atoms with Gasteiger partial charge in [-0.1, -0.05) is 28.1 Å². The average molecular weight is 308 g/mol. The average Bonchev–Trinajstić information content (AvgIpc) is 2.74. The van der Waals surface area contributed by atoms with Gasteiger partial charge in [-0.3, -0.25) is 0 Å². The second-order valence-electron chi connectivity index (χ2n) is 4.04. The zero-order chi connectivity index (χ0) is 12.7. The number of fused-ring (bicyclic) bond motifs is 1. The largest absolute Gasteiger partial charge is 0.352 e. The van der Waals surface area contributed by atoms with Gasteiger partial charge < -0.3 is 4.98 Å². The molecule has 90 valence electrons. The Morgan fingerprint density at radius 1 is 0.944 bits per heavy atom. The molecule has 0 aliphatic carbocycles. The number of halogens is 3. The molecule has 0 aliphatic heterocycles. The van der Waals surface area contributed by atoms with Gasteiger partial charge in [0.05, 0.1) is 5.52 Å². The second kappa shape index (κ2) is 4.21. The fraction of sp³-hybridized carbons (Fsp3) is 0. The minimum Gasteiger partial charge on any atom is -0.352 e. The first kappa shape index (κ1) is 11.4. The van der Waals surface area contributed by atoms with Gasteiger partial charge in [-0.05, 0) is 29.8 Å². The highest BCUT2D eigenvalue weighted by atomic mass is 79.9. The molecule has 2 aromatic carbocycles. The maximum atomic E-state index is 13.6. The summed E-state index contributed by atoms with van der Waals surface area (Å²) < 4.78 is 27.6. The van der Waals surface area contributed by atoms with Gasteiger partial charge in [-0.25, -0.2) is 8.78 Å². The van der Waals surface area contributed by atoms with Gasteiger partial charge in [0.15, 0.2) is 0 Å². The van der Waals surface area contributed by atoms with Crippen LogP contribution in [0.5, 0.6) is 0 Å². The quantitative estimate of drug-likeness (QED) is 0.660. The van der Waals surface area contributed by atoms with E-state index in [9.17, 15) is 8.78 Å². The number of rotatable bonds is 1. The Labute approximate surface area is 111 Å². The van der Waals surface area contributed by atoms with Gasteiger partial charge in [0.1, 0.15) is 11.6 Å². The third-order valence-corrected chi connectivity index (χ3v) is 3.33. The Morgan fingerprint density at radius 2 is 1.67 bits per heavy atom. The molecule has 1 nitrogen and oxygen atoms in total. The van der Waals surface area contributed by atoms with Gasteiger partial charge in [0.25, 0.3) is 0 Å². The molecular formula is C14H8BrF2N. The van der Waals surface area contributed by atoms with Gasteiger partial charge in [-0.15, -0.1) is 0 Å². The van der Waals surface area contributed by atoms with Crippen molar-refractivity contribution in [2.45, 2.75) is 0 Å². The molecule has 18 heavy (non-hydrogen) atoms. The van der Waals surface area contributed by atoms with Crippen molar-refractivity contribution < 1.29 is 8.78 Å². The molecule has 1 aromatic heterocycles. The topological polar surface area (TPSA) is 15.8 Å². The molecule has 3 rings (SSSR count). The van der Waals surface area contributed by atoms with E-state index in [1.165, 1.54) is 6.07 Å². The summed E-state index contributed by atoms with van der Waals surface area (Å²) in [4.78, 5) is 2.97. The van der Waals surface area contributed by atoms with Crippen molar-refractivity contribution in [1.82, 2.24) is 4.98 Å². The highest BCUT2D eigenvalue weighted by Gasteiger charge is 2.09. The summed E-state index contributed by atoms with van der Waals surface area (Å²) in [5.41, 5.74) is 2.02. The third-order valence-electron chi connectivity index (χ3n) is 2.80. The molecule has 0 fully saturated rings. The number of hydrogen-bond donors (Lipinski definition) is 1. The molecule has 0 atom stereocenters. The molecule has 0 unspecified atom stereocenters. The number of H-pyrrole nitrogens is 1. The Kier molecular flexibility index (Phi) is 2.67. The van der Waals surface area contributed by atoms with E-state index in [0.29, 0.717) is 10.9 Å². The predicted octanol–water partition coefficient (Wildman–Crippen LogP) is 4.88. The van der Waals surface area contributed by atoms with Crippen molar-refractivity contribution in [2.75, 3.05) is 0 Å². The zero-order valence-electron chi connectivity index (χ0n) is 9.18. The van der Waals surface area contributed by atoms with Crippen LogP contribution >= 0.6 is 15.9 Å². The lowest BCUT2D eigenvalue weighted by molar-refractivity contribution is 0.591. The van der Waals surface area contributed by atoms with E-state index in [2.05, 4.69) is 20.9 Å². The molecule has 0 bridgehead atoms. The van der Waals surface area contributed by atoms with E-state index in [1.807, 2.05) is 24.3 Å². The van der Waals surface area contributed by atoms with Crippen molar-refractivity contribution in [3.63, 3.8) is 0 Å². The SMILES string of the molecule is Fc1cc(F)c2[nH]c(-c3ccc(Br)cc3)cc2c1. The molecule has 1 N–H and O–H groups in total. The molecular weight excluding hydrogens is 300 g/mol. The molecule has 3 aromatic rings. The van der Waals surface area contributed by atoms with E-state index >= 15 is 0 Å². The first-order chi connectivity index (χ1) is 8.63. The Bertz CT molecular complexity index is 716. The van der Waals surface area contributed by atoms with Crippen LogP contribution in [0.15, 0.2) is 46.9 Å². The zero-order valence-corrected chi connectivity index (χ0v) is 10.8. The van der Waals surface area contributed by atoms with Crippen molar-refractivity contribution in [2.24, 2.45) is 0 Å². The lowest BCUT2D eigenvalue weighted by atomic mass is 10.1. The molecule has 1 heterocycles. The third kappa shape index (κ3) is 1.93. The standard InChI is InChI=1S/C14H8BrF2N/c15-10-3-1-8(2-4-10)13-6-9-5-11(16)7-12(17)14(9)18-13/h1-7,18H. The van der Waals surface area contributed by atoms with Crippen molar-refractivity contribution in [3.05, 3.63) is 58.6 Å².